The summed E-state index contributed by atoms with van der Waals surface area (Å²) >= 11 is 0. The Morgan fingerprint density at radius 2 is 1.76 bits per heavy atom. The van der Waals surface area contributed by atoms with Crippen LogP contribution in [0.5, 0.6) is 0 Å². The molecule has 0 aliphatic rings. The molecule has 0 spiro atoms. The molecule has 2 aromatic carbocycles. The van der Waals surface area contributed by atoms with Crippen LogP contribution in [0.15, 0.2) is 77.4 Å². The maximum atomic E-state index is 13.4. The van der Waals surface area contributed by atoms with Crippen molar-refractivity contribution in [2.24, 2.45) is 0 Å². The Bertz CT molecular complexity index is 1080. The van der Waals surface area contributed by atoms with Gasteiger partial charge < -0.3 is 24.3 Å². The number of amides is 3. The summed E-state index contributed by atoms with van der Waals surface area (Å²) in [7, 11) is 1.59. The van der Waals surface area contributed by atoms with E-state index < -0.39 is 6.03 Å². The number of furan rings is 1. The van der Waals surface area contributed by atoms with Gasteiger partial charge in [0, 0.05) is 32.5 Å². The van der Waals surface area contributed by atoms with Crippen LogP contribution in [-0.2, 0) is 22.6 Å². The van der Waals surface area contributed by atoms with E-state index in [-0.39, 0.29) is 12.5 Å². The molecule has 8 heteroatoms. The van der Waals surface area contributed by atoms with E-state index in [9.17, 15) is 9.59 Å². The third kappa shape index (κ3) is 7.50. The van der Waals surface area contributed by atoms with Gasteiger partial charge in [-0.2, -0.15) is 5.26 Å². The van der Waals surface area contributed by atoms with E-state index in [0.29, 0.717) is 49.7 Å². The van der Waals surface area contributed by atoms with Crippen LogP contribution in [0.25, 0.3) is 0 Å². The van der Waals surface area contributed by atoms with Crippen LogP contribution in [-0.4, -0.2) is 48.5 Å². The number of nitrogens with zero attached hydrogens (tertiary/aromatic N) is 3. The molecule has 0 bridgehead atoms. The van der Waals surface area contributed by atoms with Crippen LogP contribution in [0, 0.1) is 11.3 Å². The van der Waals surface area contributed by atoms with Gasteiger partial charge in [-0.15, -0.1) is 0 Å². The first-order valence-corrected chi connectivity index (χ1v) is 11.0. The number of nitriles is 1. The van der Waals surface area contributed by atoms with Crippen LogP contribution in [0.1, 0.15) is 23.3 Å². The van der Waals surface area contributed by atoms with E-state index in [1.165, 1.54) is 4.90 Å². The van der Waals surface area contributed by atoms with E-state index >= 15 is 0 Å². The van der Waals surface area contributed by atoms with Crippen molar-refractivity contribution in [3.05, 3.63) is 89.9 Å². The van der Waals surface area contributed by atoms with Crippen LogP contribution in [0.4, 0.5) is 10.5 Å². The molecule has 0 aliphatic carbocycles. The molecule has 3 aromatic rings. The SMILES string of the molecule is COCCCN(CC(=O)N(Cc1ccccc1)Cc1ccco1)C(=O)Nc1ccc(C#N)cc1. The Labute approximate surface area is 199 Å². The lowest BCUT2D eigenvalue weighted by Crippen LogP contribution is -2.44. The summed E-state index contributed by atoms with van der Waals surface area (Å²) in [6, 6.07) is 21.5. The topological polar surface area (TPSA) is 98.8 Å². The molecular formula is C26H28N4O4. The zero-order chi connectivity index (χ0) is 24.2. The minimum absolute atomic E-state index is 0.0978. The smallest absolute Gasteiger partial charge is 0.322 e. The van der Waals surface area contributed by atoms with Crippen LogP contribution in [0.3, 0.4) is 0 Å². The molecule has 34 heavy (non-hydrogen) atoms. The lowest BCUT2D eigenvalue weighted by atomic mass is 10.2. The average Bonchev–Trinajstić information content (AvgIpc) is 3.37. The number of rotatable bonds is 11. The van der Waals surface area contributed by atoms with Gasteiger partial charge in [-0.3, -0.25) is 4.79 Å². The standard InChI is InChI=1S/C26H28N4O4/c1-33-15-6-14-29(26(32)28-23-12-10-21(17-27)11-13-23)20-25(31)30(19-24-9-5-16-34-24)18-22-7-3-2-4-8-22/h2-5,7-13,16H,6,14-15,18-20H2,1H3,(H,28,32). The number of urea groups is 1. The molecule has 1 heterocycles. The van der Waals surface area contributed by atoms with Gasteiger partial charge in [-0.05, 0) is 48.4 Å². The molecule has 0 atom stereocenters. The maximum Gasteiger partial charge on any atom is 0.322 e. The van der Waals surface area contributed by atoms with Gasteiger partial charge in [0.2, 0.25) is 5.91 Å². The van der Waals surface area contributed by atoms with Crippen molar-refractivity contribution in [3.8, 4) is 6.07 Å². The molecule has 3 amide bonds. The lowest BCUT2D eigenvalue weighted by Gasteiger charge is -2.27. The number of hydrogen-bond acceptors (Lipinski definition) is 5. The molecule has 0 aliphatic heterocycles. The van der Waals surface area contributed by atoms with E-state index in [1.807, 2.05) is 42.5 Å². The van der Waals surface area contributed by atoms with Gasteiger partial charge in [0.1, 0.15) is 12.3 Å². The Morgan fingerprint density at radius 1 is 1.00 bits per heavy atom. The minimum atomic E-state index is -0.396. The highest BCUT2D eigenvalue weighted by Gasteiger charge is 2.22. The van der Waals surface area contributed by atoms with Gasteiger partial charge in [0.15, 0.2) is 0 Å². The summed E-state index contributed by atoms with van der Waals surface area (Å²) in [5, 5.41) is 11.8. The number of carbonyl (C=O) groups excluding carboxylic acids is 2. The molecule has 0 saturated carbocycles. The highest BCUT2D eigenvalue weighted by atomic mass is 16.5. The first-order valence-electron chi connectivity index (χ1n) is 11.0. The third-order valence-electron chi connectivity index (χ3n) is 5.15. The number of hydrogen-bond donors (Lipinski definition) is 1. The first kappa shape index (κ1) is 24.6. The van der Waals surface area contributed by atoms with Crippen LogP contribution >= 0.6 is 0 Å². The molecule has 1 aromatic heterocycles. The monoisotopic (exact) mass is 460 g/mol. The number of anilines is 1. The predicted molar refractivity (Wildman–Crippen MR) is 128 cm³/mol. The zero-order valence-corrected chi connectivity index (χ0v) is 19.1. The molecule has 3 rings (SSSR count). The third-order valence-corrected chi connectivity index (χ3v) is 5.15. The molecule has 0 unspecified atom stereocenters. The average molecular weight is 461 g/mol. The summed E-state index contributed by atoms with van der Waals surface area (Å²) in [4.78, 5) is 29.5. The number of nitrogens with one attached hydrogen (secondary N) is 1. The fourth-order valence-corrected chi connectivity index (χ4v) is 3.37. The highest BCUT2D eigenvalue weighted by Crippen LogP contribution is 2.13. The van der Waals surface area contributed by atoms with Gasteiger partial charge >= 0.3 is 6.03 Å². The van der Waals surface area contributed by atoms with Crippen molar-refractivity contribution in [3.63, 3.8) is 0 Å². The van der Waals surface area contributed by atoms with Crippen LogP contribution in [0.2, 0.25) is 0 Å². The molecule has 0 radical (unpaired) electrons. The Kier molecular flexibility index (Phi) is 9.26. The fraction of sp³-hybridized carbons (Fsp3) is 0.269. The summed E-state index contributed by atoms with van der Waals surface area (Å²) in [6.45, 7) is 1.41. The summed E-state index contributed by atoms with van der Waals surface area (Å²) in [6.07, 6.45) is 2.16. The fourth-order valence-electron chi connectivity index (χ4n) is 3.37. The summed E-state index contributed by atoms with van der Waals surface area (Å²) in [5.74, 6) is 0.463. The van der Waals surface area contributed by atoms with Crippen molar-refractivity contribution in [1.29, 1.82) is 5.26 Å². The lowest BCUT2D eigenvalue weighted by molar-refractivity contribution is -0.133. The highest BCUT2D eigenvalue weighted by molar-refractivity contribution is 5.92. The number of carbonyl (C=O) groups is 2. The van der Waals surface area contributed by atoms with Crippen molar-refractivity contribution >= 4 is 17.6 Å². The summed E-state index contributed by atoms with van der Waals surface area (Å²) < 4.78 is 10.6. The van der Waals surface area contributed by atoms with E-state index in [2.05, 4.69) is 5.32 Å². The normalized spacial score (nSPS) is 10.4. The Morgan fingerprint density at radius 3 is 2.41 bits per heavy atom. The quantitative estimate of drug-likeness (QED) is 0.431. The Balaban J connectivity index is 1.73. The number of methoxy groups -OCH3 is 1. The van der Waals surface area contributed by atoms with Crippen molar-refractivity contribution in [2.75, 3.05) is 32.1 Å². The predicted octanol–water partition coefficient (Wildman–Crippen LogP) is 4.25. The Hall–Kier alpha value is -4.09. The molecule has 1 N–H and O–H groups in total. The van der Waals surface area contributed by atoms with Gasteiger partial charge in [-0.1, -0.05) is 30.3 Å². The second kappa shape index (κ2) is 12.8. The zero-order valence-electron chi connectivity index (χ0n) is 19.1. The second-order valence-electron chi connectivity index (χ2n) is 7.70. The van der Waals surface area contributed by atoms with Crippen LogP contribution < -0.4 is 5.32 Å². The van der Waals surface area contributed by atoms with Crippen molar-refractivity contribution in [2.45, 2.75) is 19.5 Å². The van der Waals surface area contributed by atoms with E-state index in [0.717, 1.165) is 5.56 Å². The summed E-state index contributed by atoms with van der Waals surface area (Å²) in [5.41, 5.74) is 2.03. The first-order chi connectivity index (χ1) is 16.6. The molecule has 8 nitrogen and oxygen atoms in total. The second-order valence-corrected chi connectivity index (χ2v) is 7.70. The maximum absolute atomic E-state index is 13.4. The molecule has 0 saturated heterocycles. The molecule has 176 valence electrons. The largest absolute Gasteiger partial charge is 0.467 e. The molecule has 0 fully saturated rings. The van der Waals surface area contributed by atoms with Gasteiger partial charge in [0.05, 0.1) is 24.4 Å². The van der Waals surface area contributed by atoms with E-state index in [4.69, 9.17) is 14.4 Å². The van der Waals surface area contributed by atoms with Crippen molar-refractivity contribution in [1.82, 2.24) is 9.80 Å². The van der Waals surface area contributed by atoms with Gasteiger partial charge in [-0.25, -0.2) is 4.79 Å². The van der Waals surface area contributed by atoms with Gasteiger partial charge in [0.25, 0.3) is 0 Å². The number of benzene rings is 2. The molecular weight excluding hydrogens is 432 g/mol. The minimum Gasteiger partial charge on any atom is -0.467 e. The van der Waals surface area contributed by atoms with Crippen molar-refractivity contribution < 1.29 is 18.7 Å². The number of ether oxygens (including phenoxy) is 1. The van der Waals surface area contributed by atoms with E-state index in [1.54, 1.807) is 48.6 Å².